The SMILES string of the molecule is CCCCC(=O)N[C@@H]1CCC[C@H](SC)C1. The first kappa shape index (κ1) is 12.9. The summed E-state index contributed by atoms with van der Waals surface area (Å²) >= 11 is 1.94. The van der Waals surface area contributed by atoms with Gasteiger partial charge in [0.25, 0.3) is 0 Å². The van der Waals surface area contributed by atoms with E-state index < -0.39 is 0 Å². The summed E-state index contributed by atoms with van der Waals surface area (Å²) in [5.41, 5.74) is 0. The van der Waals surface area contributed by atoms with Crippen LogP contribution in [0.3, 0.4) is 0 Å². The van der Waals surface area contributed by atoms with Crippen molar-refractivity contribution in [2.45, 2.75) is 63.2 Å². The molecule has 1 saturated carbocycles. The first-order valence-electron chi connectivity index (χ1n) is 6.08. The fraction of sp³-hybridized carbons (Fsp3) is 0.917. The average Bonchev–Trinajstić information content (AvgIpc) is 2.26. The van der Waals surface area contributed by atoms with Crippen molar-refractivity contribution in [1.82, 2.24) is 5.32 Å². The lowest BCUT2D eigenvalue weighted by Crippen LogP contribution is -2.38. The van der Waals surface area contributed by atoms with Crippen molar-refractivity contribution in [3.63, 3.8) is 0 Å². The molecule has 0 unspecified atom stereocenters. The largest absolute Gasteiger partial charge is 0.353 e. The standard InChI is InChI=1S/C12H23NOS/c1-3-4-8-12(14)13-10-6-5-7-11(9-10)15-2/h10-11H,3-9H2,1-2H3,(H,13,14)/t10-,11+/m1/s1. The third-order valence-corrected chi connectivity index (χ3v) is 4.18. The van der Waals surface area contributed by atoms with Crippen LogP contribution in [0.2, 0.25) is 0 Å². The highest BCUT2D eigenvalue weighted by atomic mass is 32.2. The Bertz CT molecular complexity index is 196. The smallest absolute Gasteiger partial charge is 0.220 e. The molecule has 3 heteroatoms. The molecular weight excluding hydrogens is 206 g/mol. The van der Waals surface area contributed by atoms with E-state index in [1.807, 2.05) is 11.8 Å². The van der Waals surface area contributed by atoms with Crippen LogP contribution in [-0.2, 0) is 4.79 Å². The maximum atomic E-state index is 11.5. The van der Waals surface area contributed by atoms with Crippen molar-refractivity contribution in [3.05, 3.63) is 0 Å². The minimum Gasteiger partial charge on any atom is -0.353 e. The molecule has 2 atom stereocenters. The molecule has 88 valence electrons. The predicted molar refractivity (Wildman–Crippen MR) is 67.2 cm³/mol. The second-order valence-electron chi connectivity index (χ2n) is 4.39. The van der Waals surface area contributed by atoms with Gasteiger partial charge in [-0.15, -0.1) is 0 Å². The number of unbranched alkanes of at least 4 members (excludes halogenated alkanes) is 1. The lowest BCUT2D eigenvalue weighted by atomic mass is 9.95. The number of carbonyl (C=O) groups excluding carboxylic acids is 1. The number of rotatable bonds is 5. The molecule has 1 aliphatic carbocycles. The molecule has 0 aliphatic heterocycles. The maximum absolute atomic E-state index is 11.5. The van der Waals surface area contributed by atoms with Gasteiger partial charge in [0.1, 0.15) is 0 Å². The first-order valence-corrected chi connectivity index (χ1v) is 7.37. The number of nitrogens with one attached hydrogen (secondary N) is 1. The summed E-state index contributed by atoms with van der Waals surface area (Å²) in [7, 11) is 0. The summed E-state index contributed by atoms with van der Waals surface area (Å²) in [5, 5.41) is 3.93. The number of hydrogen-bond acceptors (Lipinski definition) is 2. The molecule has 0 spiro atoms. The summed E-state index contributed by atoms with van der Waals surface area (Å²) < 4.78 is 0. The van der Waals surface area contributed by atoms with Crippen molar-refractivity contribution < 1.29 is 4.79 Å². The molecule has 0 aromatic carbocycles. The summed E-state index contributed by atoms with van der Waals surface area (Å²) in [5.74, 6) is 0.253. The molecule has 1 N–H and O–H groups in total. The summed E-state index contributed by atoms with van der Waals surface area (Å²) in [6.45, 7) is 2.12. The molecule has 0 saturated heterocycles. The molecule has 1 aliphatic rings. The Kier molecular flexibility index (Phi) is 6.15. The van der Waals surface area contributed by atoms with Gasteiger partial charge < -0.3 is 5.32 Å². The van der Waals surface area contributed by atoms with Crippen molar-refractivity contribution in [2.75, 3.05) is 6.26 Å². The highest BCUT2D eigenvalue weighted by Crippen LogP contribution is 2.26. The number of carbonyl (C=O) groups is 1. The van der Waals surface area contributed by atoms with E-state index >= 15 is 0 Å². The van der Waals surface area contributed by atoms with E-state index in [9.17, 15) is 4.79 Å². The van der Waals surface area contributed by atoms with Crippen LogP contribution in [0, 0.1) is 0 Å². The summed E-state index contributed by atoms with van der Waals surface area (Å²) in [6.07, 6.45) is 9.93. The predicted octanol–water partition coefficient (Wildman–Crippen LogP) is 2.97. The van der Waals surface area contributed by atoms with Gasteiger partial charge in [-0.3, -0.25) is 4.79 Å². The molecule has 1 fully saturated rings. The molecule has 1 amide bonds. The van der Waals surface area contributed by atoms with Crippen molar-refractivity contribution in [2.24, 2.45) is 0 Å². The Morgan fingerprint density at radius 1 is 1.47 bits per heavy atom. The second kappa shape index (κ2) is 7.15. The van der Waals surface area contributed by atoms with Crippen LogP contribution in [0.4, 0.5) is 0 Å². The molecule has 15 heavy (non-hydrogen) atoms. The Balaban J connectivity index is 2.22. The lowest BCUT2D eigenvalue weighted by molar-refractivity contribution is -0.122. The zero-order chi connectivity index (χ0) is 11.1. The van der Waals surface area contributed by atoms with E-state index in [1.54, 1.807) is 0 Å². The highest BCUT2D eigenvalue weighted by molar-refractivity contribution is 7.99. The lowest BCUT2D eigenvalue weighted by Gasteiger charge is -2.28. The van der Waals surface area contributed by atoms with E-state index in [-0.39, 0.29) is 5.91 Å². The fourth-order valence-corrected chi connectivity index (χ4v) is 2.95. The fourth-order valence-electron chi connectivity index (χ4n) is 2.13. The van der Waals surface area contributed by atoms with Gasteiger partial charge in [-0.05, 0) is 31.9 Å². The number of amides is 1. The number of hydrogen-bond donors (Lipinski definition) is 1. The topological polar surface area (TPSA) is 29.1 Å². The van der Waals surface area contributed by atoms with E-state index in [0.29, 0.717) is 12.5 Å². The van der Waals surface area contributed by atoms with E-state index in [2.05, 4.69) is 18.5 Å². The molecule has 0 aromatic rings. The van der Waals surface area contributed by atoms with Gasteiger partial charge in [-0.2, -0.15) is 11.8 Å². The van der Waals surface area contributed by atoms with Crippen LogP contribution in [0.25, 0.3) is 0 Å². The van der Waals surface area contributed by atoms with Crippen molar-refractivity contribution >= 4 is 17.7 Å². The average molecular weight is 229 g/mol. The van der Waals surface area contributed by atoms with Gasteiger partial charge in [0, 0.05) is 17.7 Å². The quantitative estimate of drug-likeness (QED) is 0.785. The van der Waals surface area contributed by atoms with Gasteiger partial charge in [-0.1, -0.05) is 19.8 Å². The Labute approximate surface area is 97.6 Å². The van der Waals surface area contributed by atoms with Crippen molar-refractivity contribution in [1.29, 1.82) is 0 Å². The molecule has 0 aromatic heterocycles. The number of thioether (sulfide) groups is 1. The summed E-state index contributed by atoms with van der Waals surface area (Å²) in [6, 6.07) is 0.445. The molecule has 0 bridgehead atoms. The normalized spacial score (nSPS) is 26.3. The van der Waals surface area contributed by atoms with Gasteiger partial charge in [0.05, 0.1) is 0 Å². The Morgan fingerprint density at radius 3 is 2.93 bits per heavy atom. The van der Waals surface area contributed by atoms with Crippen LogP contribution < -0.4 is 5.32 Å². The molecule has 0 heterocycles. The molecular formula is C12H23NOS. The zero-order valence-electron chi connectivity index (χ0n) is 9.92. The Morgan fingerprint density at radius 2 is 2.27 bits per heavy atom. The highest BCUT2D eigenvalue weighted by Gasteiger charge is 2.22. The van der Waals surface area contributed by atoms with E-state index in [4.69, 9.17) is 0 Å². The third-order valence-electron chi connectivity index (χ3n) is 3.08. The van der Waals surface area contributed by atoms with Gasteiger partial charge in [-0.25, -0.2) is 0 Å². The minimum atomic E-state index is 0.253. The minimum absolute atomic E-state index is 0.253. The van der Waals surface area contributed by atoms with Crippen LogP contribution in [-0.4, -0.2) is 23.5 Å². The van der Waals surface area contributed by atoms with Crippen molar-refractivity contribution in [3.8, 4) is 0 Å². The van der Waals surface area contributed by atoms with Gasteiger partial charge in [0.2, 0.25) is 5.91 Å². The van der Waals surface area contributed by atoms with Crippen LogP contribution >= 0.6 is 11.8 Å². The summed E-state index contributed by atoms with van der Waals surface area (Å²) in [4.78, 5) is 11.5. The molecule has 0 radical (unpaired) electrons. The van der Waals surface area contributed by atoms with Gasteiger partial charge >= 0.3 is 0 Å². The molecule has 1 rings (SSSR count). The third kappa shape index (κ3) is 4.92. The maximum Gasteiger partial charge on any atom is 0.220 e. The van der Waals surface area contributed by atoms with E-state index in [1.165, 1.54) is 25.7 Å². The van der Waals surface area contributed by atoms with E-state index in [0.717, 1.165) is 18.1 Å². The Hall–Kier alpha value is -0.180. The second-order valence-corrected chi connectivity index (χ2v) is 5.53. The molecule has 2 nitrogen and oxygen atoms in total. The van der Waals surface area contributed by atoms with Crippen LogP contribution in [0.1, 0.15) is 51.9 Å². The van der Waals surface area contributed by atoms with Gasteiger partial charge in [0.15, 0.2) is 0 Å². The zero-order valence-corrected chi connectivity index (χ0v) is 10.7. The first-order chi connectivity index (χ1) is 7.26. The monoisotopic (exact) mass is 229 g/mol. The van der Waals surface area contributed by atoms with Crippen LogP contribution in [0.15, 0.2) is 0 Å². The van der Waals surface area contributed by atoms with Crippen LogP contribution in [0.5, 0.6) is 0 Å².